The molecule has 0 atom stereocenters. The third kappa shape index (κ3) is 3.19. The molecule has 0 radical (unpaired) electrons. The van der Waals surface area contributed by atoms with Crippen molar-refractivity contribution >= 4 is 16.7 Å². The Morgan fingerprint density at radius 2 is 1.63 bits per heavy atom. The second kappa shape index (κ2) is 6.90. The Morgan fingerprint density at radius 3 is 2.40 bits per heavy atom. The van der Waals surface area contributed by atoms with Crippen LogP contribution in [0, 0.1) is 17.8 Å². The normalized spacial score (nSPS) is 29.3. The lowest BCUT2D eigenvalue weighted by molar-refractivity contribution is -0.0171. The average molecular weight is 402 g/mol. The second-order valence-corrected chi connectivity index (χ2v) is 9.68. The van der Waals surface area contributed by atoms with E-state index in [0.29, 0.717) is 18.1 Å². The summed E-state index contributed by atoms with van der Waals surface area (Å²) >= 11 is 0. The minimum Gasteiger partial charge on any atom is -0.485 e. The van der Waals surface area contributed by atoms with Crippen LogP contribution in [0.1, 0.15) is 54.8 Å². The third-order valence-corrected chi connectivity index (χ3v) is 7.42. The Kier molecular flexibility index (Phi) is 4.15. The summed E-state index contributed by atoms with van der Waals surface area (Å²) in [6.45, 7) is 0.304. The lowest BCUT2D eigenvalue weighted by Crippen LogP contribution is -2.59. The van der Waals surface area contributed by atoms with Gasteiger partial charge in [-0.2, -0.15) is 0 Å². The number of benzene rings is 2. The van der Waals surface area contributed by atoms with Crippen LogP contribution >= 0.6 is 0 Å². The molecule has 0 saturated heterocycles. The van der Waals surface area contributed by atoms with Gasteiger partial charge in [0.05, 0.1) is 0 Å². The van der Waals surface area contributed by atoms with Crippen molar-refractivity contribution in [3.05, 3.63) is 66.1 Å². The fourth-order valence-electron chi connectivity index (χ4n) is 6.61. The Morgan fingerprint density at radius 1 is 0.933 bits per heavy atom. The van der Waals surface area contributed by atoms with Gasteiger partial charge in [0.25, 0.3) is 5.91 Å². The highest BCUT2D eigenvalue weighted by molar-refractivity contribution is 5.92. The third-order valence-electron chi connectivity index (χ3n) is 7.42. The van der Waals surface area contributed by atoms with Gasteiger partial charge < -0.3 is 14.5 Å². The molecule has 0 aliphatic heterocycles. The number of rotatable bonds is 5. The van der Waals surface area contributed by atoms with Crippen LogP contribution in [-0.4, -0.2) is 11.4 Å². The van der Waals surface area contributed by atoms with Crippen molar-refractivity contribution in [2.24, 2.45) is 17.8 Å². The van der Waals surface area contributed by atoms with Crippen LogP contribution in [0.4, 0.5) is 0 Å². The van der Waals surface area contributed by atoms with Gasteiger partial charge in [0.2, 0.25) is 0 Å². The number of nitrogens with one attached hydrogen (secondary N) is 1. The number of furan rings is 1. The first kappa shape index (κ1) is 18.1. The molecule has 0 unspecified atom stereocenters. The first-order chi connectivity index (χ1) is 14.7. The van der Waals surface area contributed by atoms with Crippen LogP contribution in [-0.2, 0) is 6.61 Å². The van der Waals surface area contributed by atoms with Crippen LogP contribution in [0.15, 0.2) is 59.0 Å². The van der Waals surface area contributed by atoms with Gasteiger partial charge in [-0.15, -0.1) is 0 Å². The van der Waals surface area contributed by atoms with Crippen LogP contribution in [0.2, 0.25) is 0 Å². The van der Waals surface area contributed by atoms with Crippen molar-refractivity contribution in [1.82, 2.24) is 5.32 Å². The Bertz CT molecular complexity index is 1060. The van der Waals surface area contributed by atoms with Gasteiger partial charge in [0, 0.05) is 10.9 Å². The van der Waals surface area contributed by atoms with Crippen molar-refractivity contribution in [3.63, 3.8) is 0 Å². The molecule has 4 nitrogen and oxygen atoms in total. The number of ether oxygens (including phenoxy) is 1. The van der Waals surface area contributed by atoms with E-state index in [-0.39, 0.29) is 11.4 Å². The van der Waals surface area contributed by atoms with Crippen LogP contribution < -0.4 is 10.1 Å². The highest BCUT2D eigenvalue weighted by Crippen LogP contribution is 2.55. The summed E-state index contributed by atoms with van der Waals surface area (Å²) in [5.41, 5.74) is -0.00175. The predicted molar refractivity (Wildman–Crippen MR) is 115 cm³/mol. The van der Waals surface area contributed by atoms with Crippen LogP contribution in [0.5, 0.6) is 5.75 Å². The number of hydrogen-bond acceptors (Lipinski definition) is 3. The molecule has 4 saturated carbocycles. The van der Waals surface area contributed by atoms with E-state index in [0.717, 1.165) is 53.5 Å². The molecule has 3 aromatic rings. The van der Waals surface area contributed by atoms with Gasteiger partial charge in [-0.1, -0.05) is 36.4 Å². The van der Waals surface area contributed by atoms with Gasteiger partial charge in [-0.3, -0.25) is 4.79 Å². The lowest BCUT2D eigenvalue weighted by Gasteiger charge is -2.56. The molecule has 4 aliphatic rings. The molecule has 7 rings (SSSR count). The highest BCUT2D eigenvalue weighted by Gasteiger charge is 2.51. The van der Waals surface area contributed by atoms with Gasteiger partial charge in [0.1, 0.15) is 18.1 Å². The fourth-order valence-corrected chi connectivity index (χ4v) is 6.61. The molecule has 1 N–H and O–H groups in total. The summed E-state index contributed by atoms with van der Waals surface area (Å²) < 4.78 is 11.9. The standard InChI is InChI=1S/C26H27NO3/c28-25(27-26-13-17-10-18(14-26)12-19(11-17)15-26)24-9-8-21(30-24)16-29-23-7-3-5-20-4-1-2-6-22(20)23/h1-9,17-19H,10-16H2,(H,27,28). The molecule has 4 heteroatoms. The molecule has 4 aliphatic carbocycles. The Balaban J connectivity index is 1.14. The zero-order chi connectivity index (χ0) is 20.1. The molecule has 1 amide bonds. The SMILES string of the molecule is O=C(NC12CC3CC(CC(C3)C1)C2)c1ccc(COc2cccc3ccccc23)o1. The first-order valence-electron chi connectivity index (χ1n) is 11.2. The minimum absolute atomic E-state index is 0.00175. The van der Waals surface area contributed by atoms with E-state index in [1.165, 1.54) is 19.3 Å². The van der Waals surface area contributed by atoms with Crippen molar-refractivity contribution < 1.29 is 13.9 Å². The zero-order valence-corrected chi connectivity index (χ0v) is 17.1. The predicted octanol–water partition coefficient (Wildman–Crippen LogP) is 5.71. The van der Waals surface area contributed by atoms with Crippen LogP contribution in [0.3, 0.4) is 0 Å². The molecular weight excluding hydrogens is 374 g/mol. The molecule has 4 bridgehead atoms. The quantitative estimate of drug-likeness (QED) is 0.596. The fraction of sp³-hybridized carbons (Fsp3) is 0.423. The molecule has 1 aromatic heterocycles. The van der Waals surface area contributed by atoms with Crippen molar-refractivity contribution in [2.45, 2.75) is 50.7 Å². The van der Waals surface area contributed by atoms with E-state index in [9.17, 15) is 4.79 Å². The van der Waals surface area contributed by atoms with E-state index in [2.05, 4.69) is 23.5 Å². The van der Waals surface area contributed by atoms with Gasteiger partial charge >= 0.3 is 0 Å². The summed E-state index contributed by atoms with van der Waals surface area (Å²) in [6, 6.07) is 17.8. The second-order valence-electron chi connectivity index (χ2n) is 9.68. The zero-order valence-electron chi connectivity index (χ0n) is 17.1. The maximum Gasteiger partial charge on any atom is 0.287 e. The summed E-state index contributed by atoms with van der Waals surface area (Å²) in [4.78, 5) is 12.9. The number of hydrogen-bond donors (Lipinski definition) is 1. The Labute approximate surface area is 176 Å². The van der Waals surface area contributed by atoms with Gasteiger partial charge in [-0.05, 0) is 79.9 Å². The van der Waals surface area contributed by atoms with Crippen LogP contribution in [0.25, 0.3) is 10.8 Å². The number of amides is 1. The maximum atomic E-state index is 12.9. The average Bonchev–Trinajstić information content (AvgIpc) is 3.20. The topological polar surface area (TPSA) is 51.5 Å². The number of carbonyl (C=O) groups is 1. The van der Waals surface area contributed by atoms with Gasteiger partial charge in [-0.25, -0.2) is 0 Å². The molecule has 30 heavy (non-hydrogen) atoms. The molecule has 1 heterocycles. The van der Waals surface area contributed by atoms with E-state index in [1.54, 1.807) is 6.07 Å². The summed E-state index contributed by atoms with van der Waals surface area (Å²) in [6.07, 6.45) is 7.52. The molecule has 154 valence electrons. The van der Waals surface area contributed by atoms with E-state index in [4.69, 9.17) is 9.15 Å². The highest BCUT2D eigenvalue weighted by atomic mass is 16.5. The van der Waals surface area contributed by atoms with Crippen molar-refractivity contribution in [3.8, 4) is 5.75 Å². The van der Waals surface area contributed by atoms with E-state index in [1.807, 2.05) is 30.3 Å². The molecule has 2 aromatic carbocycles. The van der Waals surface area contributed by atoms with E-state index >= 15 is 0 Å². The van der Waals surface area contributed by atoms with Gasteiger partial charge in [0.15, 0.2) is 5.76 Å². The monoisotopic (exact) mass is 401 g/mol. The van der Waals surface area contributed by atoms with Crippen molar-refractivity contribution in [1.29, 1.82) is 0 Å². The van der Waals surface area contributed by atoms with E-state index < -0.39 is 0 Å². The molecule has 4 fully saturated rings. The molecule has 0 spiro atoms. The maximum absolute atomic E-state index is 12.9. The first-order valence-corrected chi connectivity index (χ1v) is 11.2. The Hall–Kier alpha value is -2.75. The number of fused-ring (bicyclic) bond motifs is 1. The summed E-state index contributed by atoms with van der Waals surface area (Å²) in [7, 11) is 0. The molecular formula is C26H27NO3. The number of carbonyl (C=O) groups excluding carboxylic acids is 1. The summed E-state index contributed by atoms with van der Waals surface area (Å²) in [5.74, 6) is 4.21. The minimum atomic E-state index is -0.0756. The largest absolute Gasteiger partial charge is 0.485 e. The smallest absolute Gasteiger partial charge is 0.287 e. The lowest BCUT2D eigenvalue weighted by atomic mass is 9.53. The van der Waals surface area contributed by atoms with Crippen molar-refractivity contribution in [2.75, 3.05) is 0 Å². The summed E-state index contributed by atoms with van der Waals surface area (Å²) in [5, 5.41) is 5.60.